The van der Waals surface area contributed by atoms with Crippen LogP contribution < -0.4 is 0 Å². The molecule has 0 N–H and O–H groups in total. The molecule has 2 fully saturated rings. The van der Waals surface area contributed by atoms with Crippen LogP contribution in [-0.4, -0.2) is 73.3 Å². The quantitative estimate of drug-likeness (QED) is 0.811. The summed E-state index contributed by atoms with van der Waals surface area (Å²) in [5, 5.41) is 0. The van der Waals surface area contributed by atoms with E-state index in [1.807, 2.05) is 40.1 Å². The van der Waals surface area contributed by atoms with Gasteiger partial charge in [-0.3, -0.25) is 9.59 Å². The Morgan fingerprint density at radius 3 is 2.31 bits per heavy atom. The van der Waals surface area contributed by atoms with Gasteiger partial charge in [-0.15, -0.1) is 0 Å². The summed E-state index contributed by atoms with van der Waals surface area (Å²) in [5.74, 6) is 1.16. The highest BCUT2D eigenvalue weighted by atomic mass is 16.2. The number of amides is 2. The minimum Gasteiger partial charge on any atom is -0.341 e. The first kappa shape index (κ1) is 18.9. The zero-order valence-electron chi connectivity index (χ0n) is 16.4. The molecule has 2 saturated heterocycles. The molecule has 2 amide bonds. The maximum Gasteiger partial charge on any atom is 0.253 e. The Bertz CT molecular complexity index is 650. The normalized spacial score (nSPS) is 21.5. The van der Waals surface area contributed by atoms with Crippen LogP contribution in [0.2, 0.25) is 0 Å². The van der Waals surface area contributed by atoms with Gasteiger partial charge >= 0.3 is 0 Å². The summed E-state index contributed by atoms with van der Waals surface area (Å²) in [4.78, 5) is 31.5. The van der Waals surface area contributed by atoms with Crippen LogP contribution in [0.25, 0.3) is 0 Å². The lowest BCUT2D eigenvalue weighted by Gasteiger charge is -2.51. The van der Waals surface area contributed by atoms with E-state index in [0.717, 1.165) is 38.3 Å². The SMILES string of the molecule is CC(C)CC(=O)N1CC2(C1)CN(C(=O)c1ccccc1)CC2CN(C)C. The first-order valence-electron chi connectivity index (χ1n) is 9.57. The third-order valence-electron chi connectivity index (χ3n) is 5.65. The molecule has 1 atom stereocenters. The topological polar surface area (TPSA) is 43.9 Å². The number of likely N-dealkylation sites (tertiary alicyclic amines) is 2. The van der Waals surface area contributed by atoms with Gasteiger partial charge in [0.25, 0.3) is 5.91 Å². The molecule has 1 aromatic carbocycles. The molecule has 0 bridgehead atoms. The van der Waals surface area contributed by atoms with Crippen molar-refractivity contribution in [2.45, 2.75) is 20.3 Å². The third kappa shape index (κ3) is 3.78. The van der Waals surface area contributed by atoms with Crippen LogP contribution in [0.4, 0.5) is 0 Å². The Morgan fingerprint density at radius 2 is 1.73 bits per heavy atom. The Hall–Kier alpha value is -1.88. The van der Waals surface area contributed by atoms with Crippen LogP contribution in [0, 0.1) is 17.3 Å². The minimum atomic E-state index is 0.0569. The number of rotatable bonds is 5. The van der Waals surface area contributed by atoms with Crippen LogP contribution in [0.1, 0.15) is 30.6 Å². The second-order valence-electron chi connectivity index (χ2n) is 8.72. The highest BCUT2D eigenvalue weighted by Crippen LogP contribution is 2.45. The van der Waals surface area contributed by atoms with Gasteiger partial charge in [-0.05, 0) is 38.1 Å². The van der Waals surface area contributed by atoms with Crippen molar-refractivity contribution in [1.82, 2.24) is 14.7 Å². The largest absolute Gasteiger partial charge is 0.341 e. The van der Waals surface area contributed by atoms with Gasteiger partial charge in [-0.25, -0.2) is 0 Å². The van der Waals surface area contributed by atoms with E-state index < -0.39 is 0 Å². The zero-order chi connectivity index (χ0) is 18.9. The summed E-state index contributed by atoms with van der Waals surface area (Å²) >= 11 is 0. The molecule has 142 valence electrons. The minimum absolute atomic E-state index is 0.0569. The molecule has 5 nitrogen and oxygen atoms in total. The van der Waals surface area contributed by atoms with Crippen LogP contribution in [0.15, 0.2) is 30.3 Å². The standard InChI is InChI=1S/C21H31N3O2/c1-16(2)10-19(25)24-14-21(15-24)13-23(12-18(21)11-22(3)4)20(26)17-8-6-5-7-9-17/h5-9,16,18H,10-15H2,1-4H3. The average molecular weight is 357 g/mol. The van der Waals surface area contributed by atoms with E-state index in [1.54, 1.807) is 0 Å². The van der Waals surface area contributed by atoms with Crippen molar-refractivity contribution in [2.24, 2.45) is 17.3 Å². The molecule has 2 aliphatic rings. The van der Waals surface area contributed by atoms with Gasteiger partial charge in [0.2, 0.25) is 5.91 Å². The second kappa shape index (κ2) is 7.39. The molecule has 1 unspecified atom stereocenters. The van der Waals surface area contributed by atoms with E-state index in [-0.39, 0.29) is 17.2 Å². The third-order valence-corrected chi connectivity index (χ3v) is 5.65. The molecule has 26 heavy (non-hydrogen) atoms. The van der Waals surface area contributed by atoms with Crippen molar-refractivity contribution < 1.29 is 9.59 Å². The molecule has 2 aliphatic heterocycles. The van der Waals surface area contributed by atoms with Gasteiger partial charge in [-0.1, -0.05) is 32.0 Å². The Balaban J connectivity index is 1.71. The molecule has 2 heterocycles. The second-order valence-corrected chi connectivity index (χ2v) is 8.72. The summed E-state index contributed by atoms with van der Waals surface area (Å²) in [6.45, 7) is 8.22. The highest BCUT2D eigenvalue weighted by Gasteiger charge is 2.56. The van der Waals surface area contributed by atoms with E-state index in [0.29, 0.717) is 18.3 Å². The molecule has 5 heteroatoms. The lowest BCUT2D eigenvalue weighted by Crippen LogP contribution is -2.63. The first-order chi connectivity index (χ1) is 12.3. The molecular formula is C21H31N3O2. The number of nitrogens with zero attached hydrogens (tertiary/aromatic N) is 3. The number of benzene rings is 1. The van der Waals surface area contributed by atoms with E-state index >= 15 is 0 Å². The lowest BCUT2D eigenvalue weighted by atomic mass is 9.71. The molecule has 3 rings (SSSR count). The van der Waals surface area contributed by atoms with Crippen molar-refractivity contribution in [3.05, 3.63) is 35.9 Å². The molecule has 0 radical (unpaired) electrons. The fraction of sp³-hybridized carbons (Fsp3) is 0.619. The summed E-state index contributed by atoms with van der Waals surface area (Å²) in [7, 11) is 4.16. The van der Waals surface area contributed by atoms with Gasteiger partial charge < -0.3 is 14.7 Å². The summed E-state index contributed by atoms with van der Waals surface area (Å²) in [6.07, 6.45) is 0.612. The van der Waals surface area contributed by atoms with Crippen LogP contribution in [0.5, 0.6) is 0 Å². The van der Waals surface area contributed by atoms with Crippen molar-refractivity contribution in [2.75, 3.05) is 46.8 Å². The highest BCUT2D eigenvalue weighted by molar-refractivity contribution is 5.94. The number of carbonyl (C=O) groups is 2. The molecule has 1 aromatic rings. The lowest BCUT2D eigenvalue weighted by molar-refractivity contribution is -0.146. The van der Waals surface area contributed by atoms with Gasteiger partial charge in [0.1, 0.15) is 0 Å². The number of carbonyl (C=O) groups excluding carboxylic acids is 2. The fourth-order valence-electron chi connectivity index (χ4n) is 4.37. The molecule has 0 aromatic heterocycles. The predicted octanol–water partition coefficient (Wildman–Crippen LogP) is 2.19. The van der Waals surface area contributed by atoms with Crippen LogP contribution in [0.3, 0.4) is 0 Å². The van der Waals surface area contributed by atoms with E-state index in [4.69, 9.17) is 0 Å². The number of hydrogen-bond donors (Lipinski definition) is 0. The van der Waals surface area contributed by atoms with Gasteiger partial charge in [0, 0.05) is 50.1 Å². The van der Waals surface area contributed by atoms with Crippen molar-refractivity contribution in [1.29, 1.82) is 0 Å². The monoisotopic (exact) mass is 357 g/mol. The number of hydrogen-bond acceptors (Lipinski definition) is 3. The predicted molar refractivity (Wildman–Crippen MR) is 103 cm³/mol. The maximum atomic E-state index is 12.9. The van der Waals surface area contributed by atoms with Gasteiger partial charge in [-0.2, -0.15) is 0 Å². The zero-order valence-corrected chi connectivity index (χ0v) is 16.4. The average Bonchev–Trinajstić information content (AvgIpc) is 2.91. The maximum absolute atomic E-state index is 12.9. The first-order valence-corrected chi connectivity index (χ1v) is 9.57. The Labute approximate surface area is 156 Å². The fourth-order valence-corrected chi connectivity index (χ4v) is 4.37. The molecular weight excluding hydrogens is 326 g/mol. The molecule has 0 aliphatic carbocycles. The van der Waals surface area contributed by atoms with Gasteiger partial charge in [0.15, 0.2) is 0 Å². The molecule has 1 spiro atoms. The Kier molecular flexibility index (Phi) is 5.37. The van der Waals surface area contributed by atoms with Crippen LogP contribution in [-0.2, 0) is 4.79 Å². The van der Waals surface area contributed by atoms with Crippen LogP contribution >= 0.6 is 0 Å². The van der Waals surface area contributed by atoms with E-state index in [9.17, 15) is 9.59 Å². The summed E-state index contributed by atoms with van der Waals surface area (Å²) < 4.78 is 0. The smallest absolute Gasteiger partial charge is 0.253 e. The van der Waals surface area contributed by atoms with E-state index in [2.05, 4.69) is 32.8 Å². The van der Waals surface area contributed by atoms with E-state index in [1.165, 1.54) is 0 Å². The van der Waals surface area contributed by atoms with Crippen molar-refractivity contribution in [3.8, 4) is 0 Å². The van der Waals surface area contributed by atoms with Crippen molar-refractivity contribution >= 4 is 11.8 Å². The summed E-state index contributed by atoms with van der Waals surface area (Å²) in [5.41, 5.74) is 0.807. The van der Waals surface area contributed by atoms with Crippen molar-refractivity contribution in [3.63, 3.8) is 0 Å². The Morgan fingerprint density at radius 1 is 1.12 bits per heavy atom. The summed E-state index contributed by atoms with van der Waals surface area (Å²) in [6, 6.07) is 9.51. The molecule has 0 saturated carbocycles. The van der Waals surface area contributed by atoms with Gasteiger partial charge in [0.05, 0.1) is 0 Å².